The summed E-state index contributed by atoms with van der Waals surface area (Å²) < 4.78 is 0. The fourth-order valence-corrected chi connectivity index (χ4v) is 7.03. The van der Waals surface area contributed by atoms with Crippen molar-refractivity contribution >= 4 is 17.8 Å². The van der Waals surface area contributed by atoms with Gasteiger partial charge in [0, 0.05) is 24.9 Å². The largest absolute Gasteiger partial charge is 0.333 e. The molecular weight excluding hydrogens is 508 g/mol. The number of nitrogens with zero attached hydrogens (tertiary/aromatic N) is 3. The van der Waals surface area contributed by atoms with E-state index in [1.807, 2.05) is 25.7 Å². The van der Waals surface area contributed by atoms with Gasteiger partial charge in [-0.1, -0.05) is 83.7 Å². The maximum Gasteiger partial charge on any atom is 0.246 e. The van der Waals surface area contributed by atoms with Crippen LogP contribution in [-0.4, -0.2) is 39.8 Å². The molecule has 2 amide bonds. The molecule has 2 aliphatic rings. The summed E-state index contributed by atoms with van der Waals surface area (Å²) in [5.74, 6) is 1.43. The average molecular weight is 561 g/mol. The Morgan fingerprint density at radius 3 is 2.24 bits per heavy atom. The Bertz CT molecular complexity index is 1120. The molecule has 6 heteroatoms. The van der Waals surface area contributed by atoms with Gasteiger partial charge in [-0.05, 0) is 85.7 Å². The minimum Gasteiger partial charge on any atom is -0.333 e. The zero-order valence-corrected chi connectivity index (χ0v) is 26.1. The number of anilines is 1. The molecule has 1 N–H and O–H groups in total. The van der Waals surface area contributed by atoms with Crippen molar-refractivity contribution < 1.29 is 9.59 Å². The highest BCUT2D eigenvalue weighted by atomic mass is 16.2. The summed E-state index contributed by atoms with van der Waals surface area (Å²) in [4.78, 5) is 37.0. The van der Waals surface area contributed by atoms with Gasteiger partial charge in [0.1, 0.15) is 0 Å². The number of rotatable bonds is 13. The first kappa shape index (κ1) is 31.2. The van der Waals surface area contributed by atoms with Gasteiger partial charge < -0.3 is 4.90 Å². The summed E-state index contributed by atoms with van der Waals surface area (Å²) in [5, 5.41) is 2.82. The summed E-state index contributed by atoms with van der Waals surface area (Å²) in [6, 6.07) is 11.1. The lowest BCUT2D eigenvalue weighted by atomic mass is 9.57. The minimum atomic E-state index is -0.233. The van der Waals surface area contributed by atoms with Gasteiger partial charge in [0.05, 0.1) is 6.54 Å². The molecule has 0 bridgehead atoms. The summed E-state index contributed by atoms with van der Waals surface area (Å²) in [5.41, 5.74) is 2.63. The van der Waals surface area contributed by atoms with Crippen LogP contribution < -0.4 is 5.32 Å². The van der Waals surface area contributed by atoms with E-state index in [2.05, 4.69) is 59.5 Å². The Kier molecular flexibility index (Phi) is 10.6. The van der Waals surface area contributed by atoms with Gasteiger partial charge in [-0.25, -0.2) is 9.97 Å². The van der Waals surface area contributed by atoms with E-state index in [0.717, 1.165) is 43.6 Å². The first-order chi connectivity index (χ1) is 19.6. The fourth-order valence-electron chi connectivity index (χ4n) is 7.03. The van der Waals surface area contributed by atoms with Crippen molar-refractivity contribution in [2.45, 2.75) is 111 Å². The standard InChI is InChI=1S/C35H52N4O2/c1-6-27(4)21-35(30-13-8-7-9-14-30)19-17-34(18-20-35,16-15-29-11-10-12-29)25-39(32(41)26(2)3)24-31(40)38-33-36-22-28(5)23-37-33/h7-9,13-14,22-23,26-27,29H,6,10-12,15-21,24-25H2,1-5H3,(H,36,37,38,40)/t27?,34-,35+. The van der Waals surface area contributed by atoms with Crippen molar-refractivity contribution in [3.8, 4) is 0 Å². The molecule has 224 valence electrons. The van der Waals surface area contributed by atoms with Crippen LogP contribution in [0.4, 0.5) is 5.95 Å². The van der Waals surface area contributed by atoms with E-state index in [-0.39, 0.29) is 41.1 Å². The third-order valence-electron chi connectivity index (χ3n) is 10.1. The number of carbonyl (C=O) groups excluding carboxylic acids is 2. The molecule has 2 saturated carbocycles. The second-order valence-corrected chi connectivity index (χ2v) is 13.7. The van der Waals surface area contributed by atoms with Crippen LogP contribution in [0.2, 0.25) is 0 Å². The summed E-state index contributed by atoms with van der Waals surface area (Å²) in [6.07, 6.45) is 16.6. The van der Waals surface area contributed by atoms with E-state index in [0.29, 0.717) is 12.5 Å². The maximum absolute atomic E-state index is 13.5. The molecule has 1 aromatic carbocycles. The lowest BCUT2D eigenvalue weighted by molar-refractivity contribution is -0.140. The van der Waals surface area contributed by atoms with Crippen LogP contribution in [0, 0.1) is 30.1 Å². The number of aromatic nitrogens is 2. The Morgan fingerprint density at radius 2 is 1.68 bits per heavy atom. The number of carbonyl (C=O) groups is 2. The van der Waals surface area contributed by atoms with Gasteiger partial charge in [0.25, 0.3) is 0 Å². The van der Waals surface area contributed by atoms with Crippen molar-refractivity contribution in [2.24, 2.45) is 23.2 Å². The molecule has 2 fully saturated rings. The normalized spacial score (nSPS) is 23.6. The molecular formula is C35H52N4O2. The molecule has 1 aromatic heterocycles. The minimum absolute atomic E-state index is 0.0362. The molecule has 1 unspecified atom stereocenters. The van der Waals surface area contributed by atoms with Crippen LogP contribution in [0.5, 0.6) is 0 Å². The van der Waals surface area contributed by atoms with Crippen molar-refractivity contribution in [3.05, 3.63) is 53.9 Å². The van der Waals surface area contributed by atoms with Crippen molar-refractivity contribution in [2.75, 3.05) is 18.4 Å². The number of nitrogens with one attached hydrogen (secondary N) is 1. The quantitative estimate of drug-likeness (QED) is 0.272. The maximum atomic E-state index is 13.5. The highest BCUT2D eigenvalue weighted by Gasteiger charge is 2.45. The zero-order chi connectivity index (χ0) is 29.5. The molecule has 0 spiro atoms. The monoisotopic (exact) mass is 560 g/mol. The Hall–Kier alpha value is -2.76. The lowest BCUT2D eigenvalue weighted by Crippen LogP contribution is -2.49. The second-order valence-electron chi connectivity index (χ2n) is 13.7. The van der Waals surface area contributed by atoms with E-state index in [1.54, 1.807) is 12.4 Å². The smallest absolute Gasteiger partial charge is 0.246 e. The van der Waals surface area contributed by atoms with Gasteiger partial charge in [-0.15, -0.1) is 0 Å². The summed E-state index contributed by atoms with van der Waals surface area (Å²) in [7, 11) is 0. The van der Waals surface area contributed by atoms with E-state index in [4.69, 9.17) is 0 Å². The summed E-state index contributed by atoms with van der Waals surface area (Å²) >= 11 is 0. The van der Waals surface area contributed by atoms with E-state index in [9.17, 15) is 9.59 Å². The molecule has 6 nitrogen and oxygen atoms in total. The number of aryl methyl sites for hydroxylation is 1. The molecule has 2 aromatic rings. The predicted octanol–water partition coefficient (Wildman–Crippen LogP) is 7.72. The number of amides is 2. The third kappa shape index (κ3) is 8.17. The molecule has 0 aliphatic heterocycles. The predicted molar refractivity (Wildman–Crippen MR) is 166 cm³/mol. The van der Waals surface area contributed by atoms with Crippen LogP contribution in [-0.2, 0) is 15.0 Å². The van der Waals surface area contributed by atoms with Gasteiger partial charge in [0.15, 0.2) is 0 Å². The Balaban J connectivity index is 1.55. The molecule has 41 heavy (non-hydrogen) atoms. The van der Waals surface area contributed by atoms with Crippen LogP contribution in [0.25, 0.3) is 0 Å². The first-order valence-corrected chi connectivity index (χ1v) is 16.1. The molecule has 0 radical (unpaired) electrons. The second kappa shape index (κ2) is 13.9. The molecule has 2 aliphatic carbocycles. The molecule has 4 rings (SSSR count). The topological polar surface area (TPSA) is 75.2 Å². The number of hydrogen-bond acceptors (Lipinski definition) is 4. The molecule has 1 atom stereocenters. The van der Waals surface area contributed by atoms with E-state index < -0.39 is 0 Å². The zero-order valence-electron chi connectivity index (χ0n) is 26.1. The van der Waals surface area contributed by atoms with Gasteiger partial charge in [-0.3, -0.25) is 14.9 Å². The van der Waals surface area contributed by atoms with Crippen LogP contribution in [0.1, 0.15) is 109 Å². The number of hydrogen-bond donors (Lipinski definition) is 1. The van der Waals surface area contributed by atoms with Gasteiger partial charge >= 0.3 is 0 Å². The average Bonchev–Trinajstić information content (AvgIpc) is 2.94. The van der Waals surface area contributed by atoms with Crippen molar-refractivity contribution in [3.63, 3.8) is 0 Å². The van der Waals surface area contributed by atoms with Crippen molar-refractivity contribution in [1.29, 1.82) is 0 Å². The first-order valence-electron chi connectivity index (χ1n) is 16.1. The third-order valence-corrected chi connectivity index (χ3v) is 10.1. The highest BCUT2D eigenvalue weighted by Crippen LogP contribution is 2.53. The lowest BCUT2D eigenvalue weighted by Gasteiger charge is -2.50. The Morgan fingerprint density at radius 1 is 1.02 bits per heavy atom. The van der Waals surface area contributed by atoms with E-state index in [1.165, 1.54) is 44.1 Å². The number of benzene rings is 1. The van der Waals surface area contributed by atoms with Gasteiger partial charge in [0.2, 0.25) is 17.8 Å². The highest BCUT2D eigenvalue weighted by molar-refractivity contribution is 5.93. The molecule has 0 saturated heterocycles. The summed E-state index contributed by atoms with van der Waals surface area (Å²) in [6.45, 7) is 11.2. The SMILES string of the molecule is CCC(C)C[C@]1(c2ccccc2)CC[C@@](CCC2CCC2)(CN(CC(=O)Nc2ncc(C)cn2)C(=O)C(C)C)CC1. The van der Waals surface area contributed by atoms with Gasteiger partial charge in [-0.2, -0.15) is 0 Å². The van der Waals surface area contributed by atoms with Crippen molar-refractivity contribution in [1.82, 2.24) is 14.9 Å². The van der Waals surface area contributed by atoms with Crippen LogP contribution in [0.3, 0.4) is 0 Å². The molecule has 1 heterocycles. The fraction of sp³-hybridized carbons (Fsp3) is 0.657. The van der Waals surface area contributed by atoms with Crippen LogP contribution >= 0.6 is 0 Å². The van der Waals surface area contributed by atoms with E-state index >= 15 is 0 Å². The van der Waals surface area contributed by atoms with Crippen LogP contribution in [0.15, 0.2) is 42.7 Å². The Labute approximate surface area is 248 Å².